The number of imide groups is 1. The van der Waals surface area contributed by atoms with E-state index in [1.165, 1.54) is 13.2 Å². The van der Waals surface area contributed by atoms with Crippen LogP contribution in [-0.4, -0.2) is 37.0 Å². The van der Waals surface area contributed by atoms with Crippen LogP contribution in [0.15, 0.2) is 60.8 Å². The number of anilines is 1. The second kappa shape index (κ2) is 8.84. The Hall–Kier alpha value is -3.25. The Labute approximate surface area is 174 Å². The molecule has 0 saturated heterocycles. The number of nitrogens with zero attached hydrogens (tertiary/aromatic N) is 1. The highest BCUT2D eigenvalue weighted by atomic mass is 35.5. The van der Waals surface area contributed by atoms with Crippen molar-refractivity contribution in [3.63, 3.8) is 0 Å². The number of hydrogen-bond donors (Lipinski definition) is 1. The van der Waals surface area contributed by atoms with Gasteiger partial charge in [-0.1, -0.05) is 29.8 Å². The maximum Gasteiger partial charge on any atom is 0.278 e. The topological polar surface area (TPSA) is 67.9 Å². The number of carbonyl (C=O) groups excluding carboxylic acids is 2. The molecule has 7 heteroatoms. The van der Waals surface area contributed by atoms with Gasteiger partial charge < -0.3 is 14.8 Å². The third-order valence-electron chi connectivity index (χ3n) is 4.35. The van der Waals surface area contributed by atoms with Gasteiger partial charge in [-0.25, -0.2) is 0 Å². The summed E-state index contributed by atoms with van der Waals surface area (Å²) in [6.45, 7) is 6.17. The van der Waals surface area contributed by atoms with Crippen LogP contribution in [0, 0.1) is 0 Å². The second-order valence-electron chi connectivity index (χ2n) is 6.19. The van der Waals surface area contributed by atoms with E-state index < -0.39 is 11.8 Å². The average Bonchev–Trinajstić information content (AvgIpc) is 2.94. The van der Waals surface area contributed by atoms with Crippen LogP contribution in [0.1, 0.15) is 12.5 Å². The van der Waals surface area contributed by atoms with Gasteiger partial charge in [-0.15, -0.1) is 6.58 Å². The van der Waals surface area contributed by atoms with Crippen molar-refractivity contribution in [2.45, 2.75) is 6.92 Å². The Kier molecular flexibility index (Phi) is 6.24. The molecule has 2 aromatic rings. The summed E-state index contributed by atoms with van der Waals surface area (Å²) in [6.07, 6.45) is 1.51. The number of ether oxygens (including phenoxy) is 2. The van der Waals surface area contributed by atoms with E-state index in [1.54, 1.807) is 42.5 Å². The lowest BCUT2D eigenvalue weighted by molar-refractivity contribution is -0.136. The molecule has 6 nitrogen and oxygen atoms in total. The van der Waals surface area contributed by atoms with Gasteiger partial charge in [-0.2, -0.15) is 0 Å². The number of benzene rings is 2. The molecule has 29 heavy (non-hydrogen) atoms. The molecule has 150 valence electrons. The van der Waals surface area contributed by atoms with Gasteiger partial charge in [0.15, 0.2) is 0 Å². The van der Waals surface area contributed by atoms with Gasteiger partial charge in [-0.3, -0.25) is 14.5 Å². The highest BCUT2D eigenvalue weighted by Crippen LogP contribution is 2.35. The molecule has 2 amide bonds. The minimum atomic E-state index is -0.444. The highest BCUT2D eigenvalue weighted by molar-refractivity contribution is 6.36. The predicted molar refractivity (Wildman–Crippen MR) is 113 cm³/mol. The van der Waals surface area contributed by atoms with E-state index in [-0.39, 0.29) is 17.8 Å². The van der Waals surface area contributed by atoms with Crippen LogP contribution >= 0.6 is 11.6 Å². The van der Waals surface area contributed by atoms with Crippen LogP contribution in [-0.2, 0) is 9.59 Å². The SMILES string of the molecule is C=CCN1C(=O)C(Nc2cc(Cl)ccc2OC)=C(c2ccc(OCC)cc2)C1=O. The normalized spacial score (nSPS) is 13.7. The van der Waals surface area contributed by atoms with Gasteiger partial charge in [0.1, 0.15) is 17.2 Å². The Balaban J connectivity index is 2.08. The van der Waals surface area contributed by atoms with Crippen molar-refractivity contribution in [3.05, 3.63) is 71.4 Å². The number of nitrogens with one attached hydrogen (secondary N) is 1. The van der Waals surface area contributed by atoms with E-state index in [0.717, 1.165) is 4.90 Å². The quantitative estimate of drug-likeness (QED) is 0.521. The summed E-state index contributed by atoms with van der Waals surface area (Å²) in [7, 11) is 1.52. The molecule has 0 bridgehead atoms. The van der Waals surface area contributed by atoms with Gasteiger partial charge >= 0.3 is 0 Å². The molecule has 3 rings (SSSR count). The van der Waals surface area contributed by atoms with Gasteiger partial charge in [-0.05, 0) is 42.8 Å². The zero-order valence-corrected chi connectivity index (χ0v) is 17.0. The van der Waals surface area contributed by atoms with Crippen LogP contribution in [0.3, 0.4) is 0 Å². The largest absolute Gasteiger partial charge is 0.495 e. The van der Waals surface area contributed by atoms with Gasteiger partial charge in [0, 0.05) is 11.6 Å². The van der Waals surface area contributed by atoms with Crippen LogP contribution in [0.25, 0.3) is 5.57 Å². The van der Waals surface area contributed by atoms with Crippen molar-refractivity contribution >= 4 is 34.7 Å². The molecule has 2 aromatic carbocycles. The van der Waals surface area contributed by atoms with E-state index >= 15 is 0 Å². The summed E-state index contributed by atoms with van der Waals surface area (Å²) >= 11 is 6.10. The molecule has 0 radical (unpaired) electrons. The average molecular weight is 413 g/mol. The van der Waals surface area contributed by atoms with E-state index in [2.05, 4.69) is 11.9 Å². The third-order valence-corrected chi connectivity index (χ3v) is 4.59. The van der Waals surface area contributed by atoms with E-state index in [0.29, 0.717) is 34.4 Å². The molecule has 0 atom stereocenters. The van der Waals surface area contributed by atoms with Crippen molar-refractivity contribution in [1.29, 1.82) is 0 Å². The van der Waals surface area contributed by atoms with Crippen molar-refractivity contribution < 1.29 is 19.1 Å². The van der Waals surface area contributed by atoms with E-state index in [9.17, 15) is 9.59 Å². The van der Waals surface area contributed by atoms with Crippen LogP contribution in [0.4, 0.5) is 5.69 Å². The Morgan fingerprint density at radius 2 is 1.86 bits per heavy atom. The van der Waals surface area contributed by atoms with Crippen LogP contribution < -0.4 is 14.8 Å². The summed E-state index contributed by atoms with van der Waals surface area (Å²) in [4.78, 5) is 27.1. The van der Waals surface area contributed by atoms with Crippen LogP contribution in [0.2, 0.25) is 5.02 Å². The monoisotopic (exact) mass is 412 g/mol. The number of amides is 2. The van der Waals surface area contributed by atoms with Gasteiger partial charge in [0.25, 0.3) is 11.8 Å². The van der Waals surface area contributed by atoms with Crippen LogP contribution in [0.5, 0.6) is 11.5 Å². The molecule has 0 aromatic heterocycles. The van der Waals surface area contributed by atoms with E-state index in [4.69, 9.17) is 21.1 Å². The lowest BCUT2D eigenvalue weighted by Crippen LogP contribution is -2.32. The van der Waals surface area contributed by atoms with Crippen molar-refractivity contribution in [2.75, 3.05) is 25.6 Å². The zero-order chi connectivity index (χ0) is 21.0. The van der Waals surface area contributed by atoms with Crippen molar-refractivity contribution in [1.82, 2.24) is 4.90 Å². The molecule has 1 heterocycles. The molecule has 1 aliphatic rings. The molecular weight excluding hydrogens is 392 g/mol. The first kappa shape index (κ1) is 20.5. The van der Waals surface area contributed by atoms with Crippen molar-refractivity contribution in [3.8, 4) is 11.5 Å². The fraction of sp³-hybridized carbons (Fsp3) is 0.182. The number of carbonyl (C=O) groups is 2. The van der Waals surface area contributed by atoms with Crippen molar-refractivity contribution in [2.24, 2.45) is 0 Å². The summed E-state index contributed by atoms with van der Waals surface area (Å²) in [5.41, 5.74) is 1.51. The molecule has 1 aliphatic heterocycles. The first-order valence-corrected chi connectivity index (χ1v) is 9.43. The predicted octanol–water partition coefficient (Wildman–Crippen LogP) is 4.13. The zero-order valence-electron chi connectivity index (χ0n) is 16.2. The molecule has 1 N–H and O–H groups in total. The molecule has 0 fully saturated rings. The Morgan fingerprint density at radius 3 is 2.48 bits per heavy atom. The maximum atomic E-state index is 13.0. The summed E-state index contributed by atoms with van der Waals surface area (Å²) < 4.78 is 10.8. The minimum absolute atomic E-state index is 0.107. The molecule has 0 spiro atoms. The Morgan fingerprint density at radius 1 is 1.14 bits per heavy atom. The highest BCUT2D eigenvalue weighted by Gasteiger charge is 2.38. The number of rotatable bonds is 8. The van der Waals surface area contributed by atoms with E-state index in [1.807, 2.05) is 6.92 Å². The first-order chi connectivity index (χ1) is 14.0. The fourth-order valence-electron chi connectivity index (χ4n) is 3.05. The number of hydrogen-bond acceptors (Lipinski definition) is 5. The van der Waals surface area contributed by atoms with Gasteiger partial charge in [0.2, 0.25) is 0 Å². The maximum absolute atomic E-state index is 13.0. The molecule has 0 saturated carbocycles. The standard InChI is InChI=1S/C22H21ClN2O4/c1-4-12-25-21(26)19(14-6-9-16(10-7-14)29-5-2)20(22(25)27)24-17-13-15(23)8-11-18(17)28-3/h4,6-11,13,24H,1,5,12H2,2-3H3. The lowest BCUT2D eigenvalue weighted by Gasteiger charge is -2.14. The summed E-state index contributed by atoms with van der Waals surface area (Å²) in [5.74, 6) is 0.335. The number of halogens is 1. The lowest BCUT2D eigenvalue weighted by atomic mass is 10.0. The summed E-state index contributed by atoms with van der Waals surface area (Å²) in [5, 5.41) is 3.52. The fourth-order valence-corrected chi connectivity index (χ4v) is 3.22. The first-order valence-electron chi connectivity index (χ1n) is 9.05. The summed E-state index contributed by atoms with van der Waals surface area (Å²) in [6, 6.07) is 12.0. The Bertz CT molecular complexity index is 983. The molecular formula is C22H21ClN2O4. The van der Waals surface area contributed by atoms with Gasteiger partial charge in [0.05, 0.1) is 25.0 Å². The molecule has 0 unspecified atom stereocenters. The minimum Gasteiger partial charge on any atom is -0.495 e. The smallest absolute Gasteiger partial charge is 0.278 e. The number of methoxy groups -OCH3 is 1. The molecule has 0 aliphatic carbocycles. The second-order valence-corrected chi connectivity index (χ2v) is 6.62. The third kappa shape index (κ3) is 4.12.